The Morgan fingerprint density at radius 2 is 2.12 bits per heavy atom. The average Bonchev–Trinajstić information content (AvgIpc) is 2.31. The number of aryl methyl sites for hydroxylation is 2. The number of ether oxygens (including phenoxy) is 1. The van der Waals surface area contributed by atoms with Gasteiger partial charge in [-0.25, -0.2) is 0 Å². The van der Waals surface area contributed by atoms with Gasteiger partial charge in [0, 0.05) is 6.04 Å². The fourth-order valence-electron chi connectivity index (χ4n) is 1.70. The third-order valence-corrected chi connectivity index (χ3v) is 2.79. The summed E-state index contributed by atoms with van der Waals surface area (Å²) < 4.78 is 4.53. The molecule has 0 radical (unpaired) electrons. The maximum atomic E-state index is 11.1. The Bertz CT molecular complexity index is 404. The van der Waals surface area contributed by atoms with Gasteiger partial charge in [-0.2, -0.15) is 0 Å². The first kappa shape index (κ1) is 13.7. The van der Waals surface area contributed by atoms with E-state index in [1.165, 1.54) is 7.11 Å². The first-order valence-electron chi connectivity index (χ1n) is 5.53. The predicted octanol–water partition coefficient (Wildman–Crippen LogP) is 1.23. The molecule has 0 spiro atoms. The van der Waals surface area contributed by atoms with Gasteiger partial charge in [-0.05, 0) is 25.0 Å². The molecule has 0 saturated heterocycles. The van der Waals surface area contributed by atoms with E-state index in [-0.39, 0.29) is 6.42 Å². The van der Waals surface area contributed by atoms with Crippen molar-refractivity contribution in [3.8, 4) is 0 Å². The molecule has 2 atom stereocenters. The highest BCUT2D eigenvalue weighted by molar-refractivity contribution is 5.70. The quantitative estimate of drug-likeness (QED) is 0.772. The number of aliphatic hydroxyl groups excluding tert-OH is 1. The van der Waals surface area contributed by atoms with Crippen LogP contribution in [-0.4, -0.2) is 24.2 Å². The fraction of sp³-hybridized carbons (Fsp3) is 0.462. The van der Waals surface area contributed by atoms with Gasteiger partial charge < -0.3 is 15.6 Å². The van der Waals surface area contributed by atoms with E-state index in [1.54, 1.807) is 0 Å². The van der Waals surface area contributed by atoms with Gasteiger partial charge in [0.2, 0.25) is 0 Å². The number of nitrogens with two attached hydrogens (primary N) is 1. The van der Waals surface area contributed by atoms with Crippen LogP contribution < -0.4 is 5.73 Å². The molecule has 0 saturated carbocycles. The first-order chi connectivity index (χ1) is 7.95. The summed E-state index contributed by atoms with van der Waals surface area (Å²) in [6, 6.07) is 5.13. The van der Waals surface area contributed by atoms with Gasteiger partial charge in [-0.1, -0.05) is 23.8 Å². The number of methoxy groups -OCH3 is 1. The molecule has 94 valence electrons. The summed E-state index contributed by atoms with van der Waals surface area (Å²) in [5.74, 6) is -0.415. The number of benzene rings is 1. The zero-order chi connectivity index (χ0) is 13.0. The normalized spacial score (nSPS) is 14.2. The van der Waals surface area contributed by atoms with Gasteiger partial charge in [0.1, 0.15) is 0 Å². The molecule has 0 aliphatic carbocycles. The fourth-order valence-corrected chi connectivity index (χ4v) is 1.70. The van der Waals surface area contributed by atoms with Crippen LogP contribution in [0.2, 0.25) is 0 Å². The topological polar surface area (TPSA) is 72.5 Å². The molecule has 4 nitrogen and oxygen atoms in total. The lowest BCUT2D eigenvalue weighted by Gasteiger charge is -2.20. The number of rotatable bonds is 4. The number of carbonyl (C=O) groups is 1. The molecule has 0 aliphatic heterocycles. The molecule has 1 aromatic carbocycles. The summed E-state index contributed by atoms with van der Waals surface area (Å²) in [4.78, 5) is 11.1. The minimum atomic E-state index is -0.853. The van der Waals surface area contributed by atoms with E-state index in [4.69, 9.17) is 5.73 Å². The average molecular weight is 237 g/mol. The van der Waals surface area contributed by atoms with Crippen molar-refractivity contribution in [3.05, 3.63) is 34.9 Å². The van der Waals surface area contributed by atoms with Crippen LogP contribution in [0, 0.1) is 13.8 Å². The lowest BCUT2D eigenvalue weighted by atomic mass is 9.95. The molecule has 0 aliphatic rings. The minimum absolute atomic E-state index is 0.00501. The largest absolute Gasteiger partial charge is 0.469 e. The van der Waals surface area contributed by atoms with E-state index in [9.17, 15) is 9.90 Å². The van der Waals surface area contributed by atoms with Crippen LogP contribution in [0.3, 0.4) is 0 Å². The molecule has 4 heteroatoms. The van der Waals surface area contributed by atoms with Crippen LogP contribution in [0.5, 0.6) is 0 Å². The minimum Gasteiger partial charge on any atom is -0.469 e. The zero-order valence-electron chi connectivity index (χ0n) is 10.4. The Kier molecular flexibility index (Phi) is 4.66. The van der Waals surface area contributed by atoms with Crippen LogP contribution in [0.25, 0.3) is 0 Å². The van der Waals surface area contributed by atoms with E-state index in [1.807, 2.05) is 32.0 Å². The number of aliphatic hydroxyl groups is 1. The standard InChI is InChI=1S/C13H19NO3/c1-8-4-5-9(2)10(6-8)13(16)11(14)7-12(15)17-3/h4-6,11,13,16H,7,14H2,1-3H3. The third-order valence-electron chi connectivity index (χ3n) is 2.79. The van der Waals surface area contributed by atoms with Crippen molar-refractivity contribution in [1.29, 1.82) is 0 Å². The van der Waals surface area contributed by atoms with Gasteiger partial charge in [0.25, 0.3) is 0 Å². The number of carbonyl (C=O) groups excluding carboxylic acids is 1. The lowest BCUT2D eigenvalue weighted by molar-refractivity contribution is -0.141. The van der Waals surface area contributed by atoms with Crippen molar-refractivity contribution < 1.29 is 14.6 Å². The summed E-state index contributed by atoms with van der Waals surface area (Å²) >= 11 is 0. The first-order valence-corrected chi connectivity index (χ1v) is 5.53. The molecule has 1 rings (SSSR count). The monoisotopic (exact) mass is 237 g/mol. The van der Waals surface area contributed by atoms with E-state index in [0.717, 1.165) is 16.7 Å². The molecule has 1 aromatic rings. The Morgan fingerprint density at radius 3 is 2.71 bits per heavy atom. The van der Waals surface area contributed by atoms with Crippen LogP contribution in [0.4, 0.5) is 0 Å². The molecule has 0 heterocycles. The van der Waals surface area contributed by atoms with Crippen molar-refractivity contribution in [2.75, 3.05) is 7.11 Å². The lowest BCUT2D eigenvalue weighted by Crippen LogP contribution is -2.31. The van der Waals surface area contributed by atoms with Gasteiger partial charge in [0.15, 0.2) is 0 Å². The van der Waals surface area contributed by atoms with Crippen LogP contribution in [-0.2, 0) is 9.53 Å². The highest BCUT2D eigenvalue weighted by atomic mass is 16.5. The van der Waals surface area contributed by atoms with E-state index in [0.29, 0.717) is 0 Å². The molecule has 3 N–H and O–H groups in total. The highest BCUT2D eigenvalue weighted by Crippen LogP contribution is 2.22. The van der Waals surface area contributed by atoms with Gasteiger partial charge in [-0.3, -0.25) is 4.79 Å². The maximum absolute atomic E-state index is 11.1. The zero-order valence-corrected chi connectivity index (χ0v) is 10.4. The molecular formula is C13H19NO3. The Balaban J connectivity index is 2.84. The Labute approximate surface area is 101 Å². The third kappa shape index (κ3) is 3.54. The number of hydrogen-bond donors (Lipinski definition) is 2. The summed E-state index contributed by atoms with van der Waals surface area (Å²) in [6.07, 6.45) is -0.848. The van der Waals surface area contributed by atoms with E-state index in [2.05, 4.69) is 4.74 Å². The van der Waals surface area contributed by atoms with Crippen molar-refractivity contribution >= 4 is 5.97 Å². The smallest absolute Gasteiger partial charge is 0.307 e. The SMILES string of the molecule is COC(=O)CC(N)C(O)c1cc(C)ccc1C. The summed E-state index contributed by atoms with van der Waals surface area (Å²) in [6.45, 7) is 3.85. The summed E-state index contributed by atoms with van der Waals surface area (Å²) in [7, 11) is 1.30. The van der Waals surface area contributed by atoms with Crippen molar-refractivity contribution in [3.63, 3.8) is 0 Å². The molecule has 0 amide bonds. The van der Waals surface area contributed by atoms with Gasteiger partial charge in [0.05, 0.1) is 19.6 Å². The van der Waals surface area contributed by atoms with Crippen molar-refractivity contribution in [2.24, 2.45) is 5.73 Å². The second-order valence-electron chi connectivity index (χ2n) is 4.25. The van der Waals surface area contributed by atoms with Crippen LogP contribution in [0.1, 0.15) is 29.2 Å². The molecule has 0 aromatic heterocycles. The number of esters is 1. The summed E-state index contributed by atoms with van der Waals surface area (Å²) in [5, 5.41) is 10.1. The van der Waals surface area contributed by atoms with Crippen LogP contribution in [0.15, 0.2) is 18.2 Å². The molecule has 2 unspecified atom stereocenters. The Morgan fingerprint density at radius 1 is 1.47 bits per heavy atom. The van der Waals surface area contributed by atoms with Crippen LogP contribution >= 0.6 is 0 Å². The molecule has 0 fully saturated rings. The molecule has 0 bridgehead atoms. The second-order valence-corrected chi connectivity index (χ2v) is 4.25. The van der Waals surface area contributed by atoms with Gasteiger partial charge in [-0.15, -0.1) is 0 Å². The predicted molar refractivity (Wildman–Crippen MR) is 65.5 cm³/mol. The molecule has 17 heavy (non-hydrogen) atoms. The van der Waals surface area contributed by atoms with E-state index >= 15 is 0 Å². The van der Waals surface area contributed by atoms with Crippen molar-refractivity contribution in [1.82, 2.24) is 0 Å². The highest BCUT2D eigenvalue weighted by Gasteiger charge is 2.21. The van der Waals surface area contributed by atoms with Crippen molar-refractivity contribution in [2.45, 2.75) is 32.4 Å². The molecular weight excluding hydrogens is 218 g/mol. The Hall–Kier alpha value is -1.39. The number of hydrogen-bond acceptors (Lipinski definition) is 4. The second kappa shape index (κ2) is 5.80. The van der Waals surface area contributed by atoms with E-state index < -0.39 is 18.1 Å². The maximum Gasteiger partial charge on any atom is 0.307 e. The van der Waals surface area contributed by atoms with Gasteiger partial charge >= 0.3 is 5.97 Å². The summed E-state index contributed by atoms with van der Waals surface area (Å²) in [5.41, 5.74) is 8.57.